The smallest absolute Gasteiger partial charge is 0.317 e. The van der Waals surface area contributed by atoms with Crippen LogP contribution in [-0.4, -0.2) is 55.3 Å². The van der Waals surface area contributed by atoms with Crippen LogP contribution in [0.15, 0.2) is 24.3 Å². The third kappa shape index (κ3) is 4.84. The molecule has 144 valence electrons. The van der Waals surface area contributed by atoms with Gasteiger partial charge >= 0.3 is 5.97 Å². The molecule has 2 aliphatic carbocycles. The Morgan fingerprint density at radius 2 is 1.85 bits per heavy atom. The van der Waals surface area contributed by atoms with E-state index in [4.69, 9.17) is 5.11 Å². The number of benzene rings is 1. The summed E-state index contributed by atoms with van der Waals surface area (Å²) < 4.78 is 27.5. The first kappa shape index (κ1) is 19.3. The van der Waals surface area contributed by atoms with Gasteiger partial charge in [-0.25, -0.2) is 13.1 Å². The summed E-state index contributed by atoms with van der Waals surface area (Å²) in [5, 5.41) is 8.92. The van der Waals surface area contributed by atoms with E-state index < -0.39 is 16.0 Å². The summed E-state index contributed by atoms with van der Waals surface area (Å²) in [6.07, 6.45) is 4.00. The van der Waals surface area contributed by atoms with Crippen molar-refractivity contribution in [2.24, 2.45) is 5.92 Å². The maximum Gasteiger partial charge on any atom is 0.317 e. The van der Waals surface area contributed by atoms with Gasteiger partial charge in [0.2, 0.25) is 10.0 Å². The molecule has 0 spiro atoms. The van der Waals surface area contributed by atoms with Crippen molar-refractivity contribution in [3.05, 3.63) is 35.4 Å². The number of nitrogens with zero attached hydrogens (tertiary/aromatic N) is 1. The molecule has 0 aliphatic heterocycles. The first-order chi connectivity index (χ1) is 12.4. The van der Waals surface area contributed by atoms with Crippen LogP contribution in [-0.2, 0) is 27.7 Å². The molecule has 1 aromatic rings. The summed E-state index contributed by atoms with van der Waals surface area (Å²) in [6, 6.07) is 8.44. The van der Waals surface area contributed by atoms with Crippen LogP contribution in [0.3, 0.4) is 0 Å². The number of carboxylic acid groups (broad SMARTS) is 1. The Morgan fingerprint density at radius 3 is 2.38 bits per heavy atom. The van der Waals surface area contributed by atoms with Crippen molar-refractivity contribution < 1.29 is 18.3 Å². The maximum absolute atomic E-state index is 12.4. The third-order valence-electron chi connectivity index (χ3n) is 5.65. The number of carbonyl (C=O) groups is 1. The molecule has 0 saturated heterocycles. The second-order valence-corrected chi connectivity index (χ2v) is 9.42. The van der Waals surface area contributed by atoms with E-state index in [0.29, 0.717) is 31.7 Å². The summed E-state index contributed by atoms with van der Waals surface area (Å²) in [5.74, 6) is -0.267. The van der Waals surface area contributed by atoms with Crippen LogP contribution >= 0.6 is 0 Å². The predicted octanol–water partition coefficient (Wildman–Crippen LogP) is 1.65. The van der Waals surface area contributed by atoms with Crippen LogP contribution < -0.4 is 4.72 Å². The second kappa shape index (κ2) is 8.06. The van der Waals surface area contributed by atoms with E-state index in [-0.39, 0.29) is 24.4 Å². The summed E-state index contributed by atoms with van der Waals surface area (Å²) in [6.45, 7) is 2.61. The predicted molar refractivity (Wildman–Crippen MR) is 101 cm³/mol. The van der Waals surface area contributed by atoms with Crippen molar-refractivity contribution in [3.8, 4) is 0 Å². The zero-order chi connectivity index (χ0) is 18.7. The number of likely N-dealkylation sites (N-methyl/N-ethyl adjacent to an activating group) is 1. The van der Waals surface area contributed by atoms with E-state index >= 15 is 0 Å². The van der Waals surface area contributed by atoms with Crippen LogP contribution in [0.2, 0.25) is 0 Å². The summed E-state index contributed by atoms with van der Waals surface area (Å²) >= 11 is 0. The van der Waals surface area contributed by atoms with E-state index in [9.17, 15) is 13.2 Å². The Balaban J connectivity index is 1.41. The van der Waals surface area contributed by atoms with Gasteiger partial charge in [0, 0.05) is 12.1 Å². The SMILES string of the molecule is CCN(CC(=O)O)C1CC(NS(=O)(=O)CCC2Cc3ccccc3C2)C1. The number of hydrogen-bond acceptors (Lipinski definition) is 4. The first-order valence-corrected chi connectivity index (χ1v) is 11.0. The Hall–Kier alpha value is -1.44. The molecular weight excluding hydrogens is 352 g/mol. The molecule has 7 heteroatoms. The number of fused-ring (bicyclic) bond motifs is 1. The minimum Gasteiger partial charge on any atom is -0.480 e. The minimum absolute atomic E-state index is 0.0167. The molecule has 26 heavy (non-hydrogen) atoms. The van der Waals surface area contributed by atoms with Gasteiger partial charge in [0.15, 0.2) is 0 Å². The molecule has 2 N–H and O–H groups in total. The average Bonchev–Trinajstić information content (AvgIpc) is 2.97. The van der Waals surface area contributed by atoms with Gasteiger partial charge in [-0.05, 0) is 55.7 Å². The van der Waals surface area contributed by atoms with E-state index in [0.717, 1.165) is 12.8 Å². The van der Waals surface area contributed by atoms with Crippen LogP contribution in [0.1, 0.15) is 37.3 Å². The van der Waals surface area contributed by atoms with Crippen molar-refractivity contribution in [2.45, 2.75) is 51.1 Å². The highest BCUT2D eigenvalue weighted by Gasteiger charge is 2.36. The first-order valence-electron chi connectivity index (χ1n) is 9.39. The van der Waals surface area contributed by atoms with Crippen LogP contribution in [0.25, 0.3) is 0 Å². The molecule has 1 fully saturated rings. The molecular formula is C19H28N2O4S. The summed E-state index contributed by atoms with van der Waals surface area (Å²) in [5.41, 5.74) is 2.70. The van der Waals surface area contributed by atoms with E-state index in [1.165, 1.54) is 11.1 Å². The molecule has 0 amide bonds. The molecule has 1 aromatic carbocycles. The number of sulfonamides is 1. The zero-order valence-electron chi connectivity index (χ0n) is 15.2. The minimum atomic E-state index is -3.28. The lowest BCUT2D eigenvalue weighted by molar-refractivity contribution is -0.139. The van der Waals surface area contributed by atoms with Gasteiger partial charge in [-0.15, -0.1) is 0 Å². The molecule has 0 heterocycles. The monoisotopic (exact) mass is 380 g/mol. The Bertz CT molecular complexity index is 719. The Morgan fingerprint density at radius 1 is 1.23 bits per heavy atom. The van der Waals surface area contributed by atoms with E-state index in [2.05, 4.69) is 16.9 Å². The van der Waals surface area contributed by atoms with Crippen LogP contribution in [0, 0.1) is 5.92 Å². The van der Waals surface area contributed by atoms with E-state index in [1.54, 1.807) is 0 Å². The highest BCUT2D eigenvalue weighted by Crippen LogP contribution is 2.29. The molecule has 6 nitrogen and oxygen atoms in total. The normalized spacial score (nSPS) is 23.0. The fourth-order valence-electron chi connectivity index (χ4n) is 4.14. The highest BCUT2D eigenvalue weighted by molar-refractivity contribution is 7.89. The molecule has 0 bridgehead atoms. The maximum atomic E-state index is 12.4. The molecule has 1 saturated carbocycles. The quantitative estimate of drug-likeness (QED) is 0.680. The molecule has 0 atom stereocenters. The molecule has 3 rings (SSSR count). The lowest BCUT2D eigenvalue weighted by atomic mass is 9.86. The van der Waals surface area contributed by atoms with Crippen molar-refractivity contribution in [2.75, 3.05) is 18.8 Å². The van der Waals surface area contributed by atoms with Crippen molar-refractivity contribution >= 4 is 16.0 Å². The van der Waals surface area contributed by atoms with Crippen molar-refractivity contribution in [3.63, 3.8) is 0 Å². The number of carboxylic acids is 1. The zero-order valence-corrected chi connectivity index (χ0v) is 16.0. The number of aliphatic carboxylic acids is 1. The number of nitrogens with one attached hydrogen (secondary N) is 1. The largest absolute Gasteiger partial charge is 0.480 e. The topological polar surface area (TPSA) is 86.7 Å². The summed E-state index contributed by atoms with van der Waals surface area (Å²) in [7, 11) is -3.28. The molecule has 0 aromatic heterocycles. The van der Waals surface area contributed by atoms with Crippen molar-refractivity contribution in [1.82, 2.24) is 9.62 Å². The lowest BCUT2D eigenvalue weighted by Crippen LogP contribution is -2.55. The van der Waals surface area contributed by atoms with Gasteiger partial charge in [0.1, 0.15) is 0 Å². The van der Waals surface area contributed by atoms with Gasteiger partial charge in [0.25, 0.3) is 0 Å². The van der Waals surface area contributed by atoms with Crippen LogP contribution in [0.5, 0.6) is 0 Å². The molecule has 2 aliphatic rings. The number of hydrogen-bond donors (Lipinski definition) is 2. The lowest BCUT2D eigenvalue weighted by Gasteiger charge is -2.42. The molecule has 0 radical (unpaired) electrons. The van der Waals surface area contributed by atoms with Gasteiger partial charge in [-0.2, -0.15) is 0 Å². The third-order valence-corrected chi connectivity index (χ3v) is 7.12. The van der Waals surface area contributed by atoms with Gasteiger partial charge in [0.05, 0.1) is 12.3 Å². The van der Waals surface area contributed by atoms with E-state index in [1.807, 2.05) is 24.0 Å². The van der Waals surface area contributed by atoms with Gasteiger partial charge < -0.3 is 5.11 Å². The average molecular weight is 381 g/mol. The van der Waals surface area contributed by atoms with Gasteiger partial charge in [-0.3, -0.25) is 9.69 Å². The van der Waals surface area contributed by atoms with Gasteiger partial charge in [-0.1, -0.05) is 31.2 Å². The highest BCUT2D eigenvalue weighted by atomic mass is 32.2. The molecule has 0 unspecified atom stereocenters. The van der Waals surface area contributed by atoms with Crippen LogP contribution in [0.4, 0.5) is 0 Å². The second-order valence-electron chi connectivity index (χ2n) is 7.55. The standard InChI is InChI=1S/C19H28N2O4S/c1-2-21(13-19(22)23)18-11-17(12-18)20-26(24,25)8-7-14-9-15-5-3-4-6-16(15)10-14/h3-6,14,17-18,20H,2,7-13H2,1H3,(H,22,23). The Labute approximate surface area is 155 Å². The fourth-order valence-corrected chi connectivity index (χ4v) is 5.61. The van der Waals surface area contributed by atoms with Crippen molar-refractivity contribution in [1.29, 1.82) is 0 Å². The fraction of sp³-hybridized carbons (Fsp3) is 0.632. The Kier molecular flexibility index (Phi) is 5.99. The summed E-state index contributed by atoms with van der Waals surface area (Å²) in [4.78, 5) is 12.8. The number of rotatable bonds is 9.